The van der Waals surface area contributed by atoms with Crippen LogP contribution in [-0.4, -0.2) is 19.2 Å². The molecule has 0 saturated heterocycles. The van der Waals surface area contributed by atoms with Crippen LogP contribution in [0.2, 0.25) is 0 Å². The normalized spacial score (nSPS) is 12.5. The fourth-order valence-electron chi connectivity index (χ4n) is 2.51. The van der Waals surface area contributed by atoms with Crippen LogP contribution in [0.1, 0.15) is 23.1 Å². The number of fused-ring (bicyclic) bond motifs is 1. The molecule has 124 valence electrons. The highest BCUT2D eigenvalue weighted by atomic mass is 16.7. The molecule has 4 heteroatoms. The van der Waals surface area contributed by atoms with E-state index in [0.717, 1.165) is 29.9 Å². The molecule has 0 radical (unpaired) electrons. The van der Waals surface area contributed by atoms with Crippen molar-refractivity contribution in [3.05, 3.63) is 65.2 Å². The number of rotatable bonds is 6. The smallest absolute Gasteiger partial charge is 0.243 e. The molecule has 0 aliphatic carbocycles. The van der Waals surface area contributed by atoms with E-state index in [-0.39, 0.29) is 12.7 Å². The minimum absolute atomic E-state index is 0.0865. The third-order valence-corrected chi connectivity index (χ3v) is 3.89. The van der Waals surface area contributed by atoms with E-state index in [0.29, 0.717) is 6.54 Å². The van der Waals surface area contributed by atoms with Crippen molar-refractivity contribution in [1.82, 2.24) is 5.32 Å². The molecule has 2 aromatic rings. The summed E-state index contributed by atoms with van der Waals surface area (Å²) in [5.41, 5.74) is 3.47. The van der Waals surface area contributed by atoms with Gasteiger partial charge in [0.25, 0.3) is 0 Å². The molecule has 0 saturated carbocycles. The van der Waals surface area contributed by atoms with E-state index < -0.39 is 0 Å². The molecule has 0 atom stereocenters. The fourth-order valence-corrected chi connectivity index (χ4v) is 2.51. The standard InChI is InChI=1S/C20H21NO3/c1-15-4-6-16(7-5-15)3-2-12-21-20(22)11-9-17-8-10-18-19(13-17)24-14-23-18/h4-11,13H,2-3,12,14H2,1H3,(H,21,22)/b11-9+. The van der Waals surface area contributed by atoms with Gasteiger partial charge in [-0.2, -0.15) is 0 Å². The molecule has 0 spiro atoms. The van der Waals surface area contributed by atoms with Gasteiger partial charge >= 0.3 is 0 Å². The molecule has 2 aromatic carbocycles. The number of carbonyl (C=O) groups is 1. The second kappa shape index (κ2) is 7.68. The molecular weight excluding hydrogens is 302 g/mol. The van der Waals surface area contributed by atoms with E-state index >= 15 is 0 Å². The highest BCUT2D eigenvalue weighted by molar-refractivity contribution is 5.91. The number of benzene rings is 2. The lowest BCUT2D eigenvalue weighted by Gasteiger charge is -2.03. The van der Waals surface area contributed by atoms with Crippen molar-refractivity contribution in [2.75, 3.05) is 13.3 Å². The number of ether oxygens (including phenoxy) is 2. The quantitative estimate of drug-likeness (QED) is 0.654. The van der Waals surface area contributed by atoms with Gasteiger partial charge in [-0.3, -0.25) is 4.79 Å². The topological polar surface area (TPSA) is 47.6 Å². The number of hydrogen-bond acceptors (Lipinski definition) is 3. The van der Waals surface area contributed by atoms with Crippen LogP contribution in [0.3, 0.4) is 0 Å². The lowest BCUT2D eigenvalue weighted by atomic mass is 10.1. The molecule has 1 heterocycles. The predicted octanol–water partition coefficient (Wildman–Crippen LogP) is 3.49. The third-order valence-electron chi connectivity index (χ3n) is 3.89. The summed E-state index contributed by atoms with van der Waals surface area (Å²) < 4.78 is 10.6. The maximum absolute atomic E-state index is 11.9. The van der Waals surface area contributed by atoms with Gasteiger partial charge in [-0.05, 0) is 49.1 Å². The molecular formula is C20H21NO3. The molecule has 24 heavy (non-hydrogen) atoms. The maximum atomic E-state index is 11.9. The Hall–Kier alpha value is -2.75. The molecule has 1 aliphatic rings. The zero-order chi connectivity index (χ0) is 16.8. The summed E-state index contributed by atoms with van der Waals surface area (Å²) in [5, 5.41) is 2.91. The summed E-state index contributed by atoms with van der Waals surface area (Å²) in [6.45, 7) is 3.00. The molecule has 0 bridgehead atoms. The van der Waals surface area contributed by atoms with Crippen molar-refractivity contribution < 1.29 is 14.3 Å². The van der Waals surface area contributed by atoms with Crippen LogP contribution in [0.5, 0.6) is 11.5 Å². The van der Waals surface area contributed by atoms with E-state index in [9.17, 15) is 4.79 Å². The lowest BCUT2D eigenvalue weighted by Crippen LogP contribution is -2.22. The van der Waals surface area contributed by atoms with Crippen molar-refractivity contribution in [1.29, 1.82) is 0 Å². The Balaban J connectivity index is 1.41. The summed E-state index contributed by atoms with van der Waals surface area (Å²) in [6, 6.07) is 14.1. The third kappa shape index (κ3) is 4.38. The predicted molar refractivity (Wildman–Crippen MR) is 94.1 cm³/mol. The van der Waals surface area contributed by atoms with Gasteiger partial charge in [0.2, 0.25) is 12.7 Å². The average molecular weight is 323 g/mol. The first-order valence-electron chi connectivity index (χ1n) is 8.12. The molecule has 1 N–H and O–H groups in total. The zero-order valence-electron chi connectivity index (χ0n) is 13.7. The van der Waals surface area contributed by atoms with E-state index in [1.54, 1.807) is 12.2 Å². The van der Waals surface area contributed by atoms with Crippen LogP contribution in [0, 0.1) is 6.92 Å². The van der Waals surface area contributed by atoms with Crippen LogP contribution in [0.25, 0.3) is 6.08 Å². The summed E-state index contributed by atoms with van der Waals surface area (Å²) >= 11 is 0. The van der Waals surface area contributed by atoms with Crippen LogP contribution in [0.4, 0.5) is 0 Å². The summed E-state index contributed by atoms with van der Waals surface area (Å²) in [4.78, 5) is 11.9. The largest absolute Gasteiger partial charge is 0.454 e. The zero-order valence-corrected chi connectivity index (χ0v) is 13.7. The van der Waals surface area contributed by atoms with E-state index in [1.165, 1.54) is 11.1 Å². The van der Waals surface area contributed by atoms with Gasteiger partial charge in [0.1, 0.15) is 0 Å². The molecule has 0 fully saturated rings. The van der Waals surface area contributed by atoms with Crippen molar-refractivity contribution in [3.63, 3.8) is 0 Å². The van der Waals surface area contributed by atoms with Crippen molar-refractivity contribution in [2.45, 2.75) is 19.8 Å². The number of carbonyl (C=O) groups excluding carboxylic acids is 1. The Morgan fingerprint density at radius 3 is 2.75 bits per heavy atom. The number of hydrogen-bond donors (Lipinski definition) is 1. The highest BCUT2D eigenvalue weighted by Crippen LogP contribution is 2.32. The van der Waals surface area contributed by atoms with Gasteiger partial charge in [0.05, 0.1) is 0 Å². The van der Waals surface area contributed by atoms with E-state index in [2.05, 4.69) is 36.5 Å². The number of nitrogens with one attached hydrogen (secondary N) is 1. The van der Waals surface area contributed by atoms with Crippen LogP contribution in [-0.2, 0) is 11.2 Å². The van der Waals surface area contributed by atoms with Crippen molar-refractivity contribution in [3.8, 4) is 11.5 Å². The van der Waals surface area contributed by atoms with Crippen LogP contribution in [0.15, 0.2) is 48.5 Å². The first-order valence-corrected chi connectivity index (χ1v) is 8.12. The minimum atomic E-state index is -0.0865. The fraction of sp³-hybridized carbons (Fsp3) is 0.250. The molecule has 0 aromatic heterocycles. The Bertz CT molecular complexity index is 735. The van der Waals surface area contributed by atoms with Gasteiger partial charge in [-0.25, -0.2) is 0 Å². The van der Waals surface area contributed by atoms with E-state index in [1.807, 2.05) is 18.2 Å². The Morgan fingerprint density at radius 1 is 1.12 bits per heavy atom. The minimum Gasteiger partial charge on any atom is -0.454 e. The van der Waals surface area contributed by atoms with Gasteiger partial charge in [-0.1, -0.05) is 35.9 Å². The molecule has 3 rings (SSSR count). The summed E-state index contributed by atoms with van der Waals surface area (Å²) in [5.74, 6) is 1.37. The van der Waals surface area contributed by atoms with Crippen LogP contribution < -0.4 is 14.8 Å². The van der Waals surface area contributed by atoms with Gasteiger partial charge in [0.15, 0.2) is 11.5 Å². The summed E-state index contributed by atoms with van der Waals surface area (Å²) in [6.07, 6.45) is 5.21. The van der Waals surface area contributed by atoms with Gasteiger partial charge in [0, 0.05) is 12.6 Å². The van der Waals surface area contributed by atoms with E-state index in [4.69, 9.17) is 9.47 Å². The second-order valence-corrected chi connectivity index (χ2v) is 5.83. The average Bonchev–Trinajstić information content (AvgIpc) is 3.06. The number of aryl methyl sites for hydroxylation is 2. The van der Waals surface area contributed by atoms with Crippen LogP contribution >= 0.6 is 0 Å². The van der Waals surface area contributed by atoms with Crippen molar-refractivity contribution in [2.24, 2.45) is 0 Å². The first-order chi connectivity index (χ1) is 11.7. The Kier molecular flexibility index (Phi) is 5.16. The molecule has 4 nitrogen and oxygen atoms in total. The monoisotopic (exact) mass is 323 g/mol. The molecule has 0 unspecified atom stereocenters. The van der Waals surface area contributed by atoms with Crippen molar-refractivity contribution >= 4 is 12.0 Å². The number of amides is 1. The Morgan fingerprint density at radius 2 is 1.92 bits per heavy atom. The maximum Gasteiger partial charge on any atom is 0.243 e. The lowest BCUT2D eigenvalue weighted by molar-refractivity contribution is -0.116. The molecule has 1 amide bonds. The van der Waals surface area contributed by atoms with Gasteiger partial charge in [-0.15, -0.1) is 0 Å². The first kappa shape index (κ1) is 16.1. The second-order valence-electron chi connectivity index (χ2n) is 5.83. The highest BCUT2D eigenvalue weighted by Gasteiger charge is 2.12. The van der Waals surface area contributed by atoms with Gasteiger partial charge < -0.3 is 14.8 Å². The Labute approximate surface area is 142 Å². The molecule has 1 aliphatic heterocycles. The SMILES string of the molecule is Cc1ccc(CCCNC(=O)/C=C/c2ccc3c(c2)OCO3)cc1. The summed E-state index contributed by atoms with van der Waals surface area (Å²) in [7, 11) is 0.